The molecular formula is C21H30N4O3. The lowest BCUT2D eigenvalue weighted by molar-refractivity contribution is 0.114. The largest absolute Gasteiger partial charge is 0.490 e. The van der Waals surface area contributed by atoms with Gasteiger partial charge in [-0.3, -0.25) is 0 Å². The van der Waals surface area contributed by atoms with Gasteiger partial charge in [0.25, 0.3) is 0 Å². The molecule has 0 bridgehead atoms. The summed E-state index contributed by atoms with van der Waals surface area (Å²) in [6.07, 6.45) is 2.35. The number of hydrogen-bond donors (Lipinski definition) is 1. The lowest BCUT2D eigenvalue weighted by Crippen LogP contribution is -2.35. The molecule has 1 aromatic heterocycles. The van der Waals surface area contributed by atoms with E-state index < -0.39 is 0 Å². The zero-order valence-electron chi connectivity index (χ0n) is 17.1. The number of carbonyl (C=O) groups excluding carboxylic acids is 1. The number of carbonyl (C=O) groups is 1. The summed E-state index contributed by atoms with van der Waals surface area (Å²) in [6, 6.07) is 9.23. The lowest BCUT2D eigenvalue weighted by Gasteiger charge is -2.29. The lowest BCUT2D eigenvalue weighted by atomic mass is 10.1. The van der Waals surface area contributed by atoms with Crippen LogP contribution in [-0.2, 0) is 6.54 Å². The highest BCUT2D eigenvalue weighted by molar-refractivity contribution is 5.89. The normalized spacial score (nSPS) is 15.6. The van der Waals surface area contributed by atoms with Gasteiger partial charge in [0.15, 0.2) is 0 Å². The number of benzene rings is 1. The van der Waals surface area contributed by atoms with Gasteiger partial charge in [-0.05, 0) is 44.2 Å². The van der Waals surface area contributed by atoms with Crippen LogP contribution < -0.4 is 10.1 Å². The van der Waals surface area contributed by atoms with Crippen molar-refractivity contribution in [1.82, 2.24) is 15.0 Å². The molecule has 1 aliphatic rings. The van der Waals surface area contributed by atoms with E-state index in [1.54, 1.807) is 11.9 Å². The zero-order chi connectivity index (χ0) is 20.1. The number of piperidine rings is 1. The summed E-state index contributed by atoms with van der Waals surface area (Å²) in [5, 5.41) is 6.92. The first-order valence-electron chi connectivity index (χ1n) is 9.83. The smallest absolute Gasteiger partial charge is 0.321 e. The SMILES string of the molecule is CC(C)c1cc(CN(C)C(=O)Nc2ccc(OC3CCN(C)CC3)cc2)no1. The third-order valence-electron chi connectivity index (χ3n) is 4.97. The van der Waals surface area contributed by atoms with Gasteiger partial charge in [-0.15, -0.1) is 0 Å². The zero-order valence-corrected chi connectivity index (χ0v) is 17.1. The monoisotopic (exact) mass is 386 g/mol. The second-order valence-electron chi connectivity index (χ2n) is 7.81. The molecule has 0 radical (unpaired) electrons. The van der Waals surface area contributed by atoms with Gasteiger partial charge >= 0.3 is 6.03 Å². The fourth-order valence-corrected chi connectivity index (χ4v) is 3.12. The molecule has 7 heteroatoms. The Morgan fingerprint density at radius 1 is 1.32 bits per heavy atom. The Balaban J connectivity index is 1.49. The summed E-state index contributed by atoms with van der Waals surface area (Å²) in [5.74, 6) is 1.93. The van der Waals surface area contributed by atoms with Crippen molar-refractivity contribution >= 4 is 11.7 Å². The van der Waals surface area contributed by atoms with E-state index in [0.717, 1.165) is 48.8 Å². The molecule has 0 spiro atoms. The molecule has 0 atom stereocenters. The van der Waals surface area contributed by atoms with Crippen LogP contribution in [0.1, 0.15) is 44.1 Å². The molecule has 1 fully saturated rings. The Morgan fingerprint density at radius 2 is 2.00 bits per heavy atom. The van der Waals surface area contributed by atoms with Crippen LogP contribution in [-0.4, -0.2) is 54.3 Å². The van der Waals surface area contributed by atoms with E-state index in [1.807, 2.05) is 44.2 Å². The molecule has 1 aliphatic heterocycles. The summed E-state index contributed by atoms with van der Waals surface area (Å²) in [5.41, 5.74) is 1.47. The van der Waals surface area contributed by atoms with Crippen molar-refractivity contribution in [3.8, 4) is 5.75 Å². The molecule has 2 heterocycles. The number of ether oxygens (including phenoxy) is 1. The van der Waals surface area contributed by atoms with Gasteiger partial charge in [-0.25, -0.2) is 4.79 Å². The Hall–Kier alpha value is -2.54. The molecule has 152 valence electrons. The molecule has 0 unspecified atom stereocenters. The molecular weight excluding hydrogens is 356 g/mol. The van der Waals surface area contributed by atoms with Crippen LogP contribution in [0.5, 0.6) is 5.75 Å². The summed E-state index contributed by atoms with van der Waals surface area (Å²) in [4.78, 5) is 16.3. The Bertz CT molecular complexity index is 764. The number of nitrogens with one attached hydrogen (secondary N) is 1. The minimum absolute atomic E-state index is 0.196. The molecule has 0 aliphatic carbocycles. The maximum absolute atomic E-state index is 12.4. The molecule has 0 saturated carbocycles. The van der Waals surface area contributed by atoms with Crippen molar-refractivity contribution in [2.24, 2.45) is 0 Å². The molecule has 2 amide bonds. The van der Waals surface area contributed by atoms with Gasteiger partial charge < -0.3 is 24.4 Å². The first-order chi connectivity index (χ1) is 13.4. The van der Waals surface area contributed by atoms with E-state index in [2.05, 4.69) is 22.4 Å². The van der Waals surface area contributed by atoms with E-state index >= 15 is 0 Å². The van der Waals surface area contributed by atoms with Gasteiger partial charge in [-0.2, -0.15) is 0 Å². The molecule has 28 heavy (non-hydrogen) atoms. The van der Waals surface area contributed by atoms with Crippen LogP contribution in [0.15, 0.2) is 34.9 Å². The number of aromatic nitrogens is 1. The number of hydrogen-bond acceptors (Lipinski definition) is 5. The topological polar surface area (TPSA) is 70.8 Å². The minimum atomic E-state index is -0.196. The second kappa shape index (κ2) is 9.10. The number of nitrogens with zero attached hydrogens (tertiary/aromatic N) is 3. The van der Waals surface area contributed by atoms with Crippen molar-refractivity contribution in [2.75, 3.05) is 32.5 Å². The van der Waals surface area contributed by atoms with Crippen LogP contribution in [0, 0.1) is 0 Å². The minimum Gasteiger partial charge on any atom is -0.490 e. The van der Waals surface area contributed by atoms with Crippen LogP contribution >= 0.6 is 0 Å². The molecule has 1 saturated heterocycles. The molecule has 1 N–H and O–H groups in total. The van der Waals surface area contributed by atoms with Crippen molar-refractivity contribution < 1.29 is 14.1 Å². The number of rotatable bonds is 6. The fourth-order valence-electron chi connectivity index (χ4n) is 3.12. The molecule has 1 aromatic carbocycles. The van der Waals surface area contributed by atoms with E-state index in [4.69, 9.17) is 9.26 Å². The van der Waals surface area contributed by atoms with Crippen molar-refractivity contribution in [2.45, 2.75) is 45.3 Å². The van der Waals surface area contributed by atoms with Crippen LogP contribution in [0.4, 0.5) is 10.5 Å². The fraction of sp³-hybridized carbons (Fsp3) is 0.524. The Morgan fingerprint density at radius 3 is 2.61 bits per heavy atom. The average Bonchev–Trinajstić information content (AvgIpc) is 3.14. The maximum Gasteiger partial charge on any atom is 0.321 e. The van der Waals surface area contributed by atoms with Gasteiger partial charge in [0, 0.05) is 37.8 Å². The summed E-state index contributed by atoms with van der Waals surface area (Å²) >= 11 is 0. The van der Waals surface area contributed by atoms with Crippen LogP contribution in [0.2, 0.25) is 0 Å². The molecule has 7 nitrogen and oxygen atoms in total. The van der Waals surface area contributed by atoms with Gasteiger partial charge in [-0.1, -0.05) is 19.0 Å². The molecule has 2 aromatic rings. The predicted octanol–water partition coefficient (Wildman–Crippen LogP) is 3.93. The van der Waals surface area contributed by atoms with Crippen molar-refractivity contribution in [3.05, 3.63) is 41.8 Å². The Kier molecular flexibility index (Phi) is 6.57. The van der Waals surface area contributed by atoms with E-state index in [-0.39, 0.29) is 18.1 Å². The van der Waals surface area contributed by atoms with Crippen molar-refractivity contribution in [1.29, 1.82) is 0 Å². The maximum atomic E-state index is 12.4. The first kappa shape index (κ1) is 20.2. The summed E-state index contributed by atoms with van der Waals surface area (Å²) in [7, 11) is 3.87. The summed E-state index contributed by atoms with van der Waals surface area (Å²) < 4.78 is 11.3. The highest BCUT2D eigenvalue weighted by Crippen LogP contribution is 2.21. The van der Waals surface area contributed by atoms with Crippen molar-refractivity contribution in [3.63, 3.8) is 0 Å². The van der Waals surface area contributed by atoms with Gasteiger partial charge in [0.2, 0.25) is 0 Å². The first-order valence-corrected chi connectivity index (χ1v) is 9.83. The van der Waals surface area contributed by atoms with E-state index in [9.17, 15) is 4.79 Å². The third-order valence-corrected chi connectivity index (χ3v) is 4.97. The number of amides is 2. The molecule has 3 rings (SSSR count). The number of anilines is 1. The number of likely N-dealkylation sites (tertiary alicyclic amines) is 1. The van der Waals surface area contributed by atoms with Crippen LogP contribution in [0.25, 0.3) is 0 Å². The number of urea groups is 1. The Labute approximate surface area is 166 Å². The average molecular weight is 386 g/mol. The predicted molar refractivity (Wildman–Crippen MR) is 109 cm³/mol. The second-order valence-corrected chi connectivity index (χ2v) is 7.81. The standard InChI is InChI=1S/C21H30N4O3/c1-15(2)20-13-17(23-28-20)14-25(4)21(26)22-16-5-7-18(8-6-16)27-19-9-11-24(3)12-10-19/h5-8,13,15,19H,9-12,14H2,1-4H3,(H,22,26). The van der Waals surface area contributed by atoms with E-state index in [1.165, 1.54) is 0 Å². The highest BCUT2D eigenvalue weighted by Gasteiger charge is 2.18. The van der Waals surface area contributed by atoms with Crippen LogP contribution in [0.3, 0.4) is 0 Å². The highest BCUT2D eigenvalue weighted by atomic mass is 16.5. The summed E-state index contributed by atoms with van der Waals surface area (Å²) in [6.45, 7) is 6.60. The van der Waals surface area contributed by atoms with E-state index in [0.29, 0.717) is 6.54 Å². The quantitative estimate of drug-likeness (QED) is 0.814. The van der Waals surface area contributed by atoms with Gasteiger partial charge in [0.05, 0.1) is 6.54 Å². The van der Waals surface area contributed by atoms with Gasteiger partial charge in [0.1, 0.15) is 23.3 Å². The third kappa shape index (κ3) is 5.48.